The Balaban J connectivity index is 1.58. The first-order valence-electron chi connectivity index (χ1n) is 12.0. The molecule has 1 N–H and O–H groups in total. The van der Waals surface area contributed by atoms with E-state index in [9.17, 15) is 19.5 Å². The van der Waals surface area contributed by atoms with E-state index in [0.717, 1.165) is 16.7 Å². The van der Waals surface area contributed by atoms with Gasteiger partial charge >= 0.3 is 6.09 Å². The zero-order valence-electron chi connectivity index (χ0n) is 20.9. The maximum atomic E-state index is 12.7. The summed E-state index contributed by atoms with van der Waals surface area (Å²) in [5.74, 6) is -1.18. The zero-order chi connectivity index (χ0) is 26.1. The molecule has 1 unspecified atom stereocenters. The van der Waals surface area contributed by atoms with Gasteiger partial charge in [-0.2, -0.15) is 0 Å². The van der Waals surface area contributed by atoms with Crippen molar-refractivity contribution in [2.45, 2.75) is 51.6 Å². The van der Waals surface area contributed by atoms with Crippen molar-refractivity contribution in [1.29, 1.82) is 0 Å². The van der Waals surface area contributed by atoms with Gasteiger partial charge in [-0.3, -0.25) is 9.69 Å². The van der Waals surface area contributed by atoms with Crippen molar-refractivity contribution < 1.29 is 24.2 Å². The Morgan fingerprint density at radius 2 is 1.83 bits per heavy atom. The van der Waals surface area contributed by atoms with Crippen molar-refractivity contribution in [3.8, 4) is 0 Å². The van der Waals surface area contributed by atoms with Gasteiger partial charge in [0.05, 0.1) is 0 Å². The third-order valence-electron chi connectivity index (χ3n) is 5.49. The van der Waals surface area contributed by atoms with Crippen LogP contribution < -0.4 is 15.3 Å². The number of anilines is 1. The van der Waals surface area contributed by atoms with Crippen LogP contribution in [0.2, 0.25) is 0 Å². The first-order chi connectivity index (χ1) is 17.1. The largest absolute Gasteiger partial charge is 0.550 e. The van der Waals surface area contributed by atoms with Gasteiger partial charge in [0.15, 0.2) is 0 Å². The predicted octanol–water partition coefficient (Wildman–Crippen LogP) is 3.60. The van der Waals surface area contributed by atoms with Gasteiger partial charge in [-0.25, -0.2) is 9.78 Å². The Labute approximate surface area is 211 Å². The fourth-order valence-corrected chi connectivity index (χ4v) is 3.88. The molecule has 8 nitrogen and oxygen atoms in total. The Hall–Kier alpha value is -3.94. The third-order valence-corrected chi connectivity index (χ3v) is 5.49. The van der Waals surface area contributed by atoms with Crippen molar-refractivity contribution in [3.63, 3.8) is 0 Å². The van der Waals surface area contributed by atoms with Gasteiger partial charge in [0.25, 0.3) is 0 Å². The third kappa shape index (κ3) is 8.08. The topological polar surface area (TPSA) is 112 Å². The summed E-state index contributed by atoms with van der Waals surface area (Å²) in [6, 6.07) is 12.9. The summed E-state index contributed by atoms with van der Waals surface area (Å²) >= 11 is 0. The Morgan fingerprint density at radius 1 is 1.08 bits per heavy atom. The molecule has 3 rings (SSSR count). The molecular formula is C28H32N3O5-. The van der Waals surface area contributed by atoms with Crippen LogP contribution in [0.4, 0.5) is 10.6 Å². The first-order valence-corrected chi connectivity index (χ1v) is 12.0. The van der Waals surface area contributed by atoms with E-state index in [4.69, 9.17) is 4.74 Å². The molecule has 36 heavy (non-hydrogen) atoms. The lowest BCUT2D eigenvalue weighted by atomic mass is 9.91. The lowest BCUT2D eigenvalue weighted by molar-refractivity contribution is -0.305. The quantitative estimate of drug-likeness (QED) is 0.575. The molecule has 0 aliphatic heterocycles. The van der Waals surface area contributed by atoms with E-state index < -0.39 is 17.7 Å². The van der Waals surface area contributed by atoms with Gasteiger partial charge < -0.3 is 20.0 Å². The van der Waals surface area contributed by atoms with Crippen LogP contribution in [0.1, 0.15) is 57.1 Å². The molecule has 1 aliphatic rings. The summed E-state index contributed by atoms with van der Waals surface area (Å²) in [4.78, 5) is 42.2. The fraction of sp³-hybridized carbons (Fsp3) is 0.357. The van der Waals surface area contributed by atoms with E-state index in [-0.39, 0.29) is 37.8 Å². The summed E-state index contributed by atoms with van der Waals surface area (Å²) in [6.45, 7) is 5.92. The van der Waals surface area contributed by atoms with Gasteiger partial charge in [-0.15, -0.1) is 0 Å². The number of aliphatic carboxylic acids is 1. The van der Waals surface area contributed by atoms with Gasteiger partial charge in [-0.1, -0.05) is 48.6 Å². The second-order valence-corrected chi connectivity index (χ2v) is 9.59. The Kier molecular flexibility index (Phi) is 9.00. The fourth-order valence-electron chi connectivity index (χ4n) is 3.88. The maximum Gasteiger partial charge on any atom is 0.416 e. The molecule has 1 aliphatic carbocycles. The highest BCUT2D eigenvalue weighted by Crippen LogP contribution is 2.29. The van der Waals surface area contributed by atoms with E-state index in [1.807, 2.05) is 42.5 Å². The molecule has 0 saturated carbocycles. The van der Waals surface area contributed by atoms with E-state index in [1.54, 1.807) is 45.2 Å². The molecule has 0 spiro atoms. The number of benzene rings is 1. The standard InChI is InChI=1S/C28H33N3O5/c1-28(2,3)36-27(35)31(24-11-6-7-15-29-24)16-8-12-25(32)30-19-20-13-14-21-9-4-5-10-23(21)22(17-20)18-26(33)34/h4-7,9-11,13-15,17,22H,8,12,16,18-19H2,1-3H3,(H,30,32)(H,33,34)/p-1. The number of carboxylic acids is 1. The number of carbonyl (C=O) groups is 3. The number of hydrogen-bond acceptors (Lipinski definition) is 6. The first kappa shape index (κ1) is 26.7. The number of aromatic nitrogens is 1. The number of nitrogens with zero attached hydrogens (tertiary/aromatic N) is 2. The van der Waals surface area contributed by atoms with Crippen LogP contribution in [0.15, 0.2) is 66.4 Å². The van der Waals surface area contributed by atoms with E-state index in [0.29, 0.717) is 12.2 Å². The van der Waals surface area contributed by atoms with Gasteiger partial charge in [0, 0.05) is 37.6 Å². The monoisotopic (exact) mass is 490 g/mol. The lowest BCUT2D eigenvalue weighted by Gasteiger charge is -2.26. The number of fused-ring (bicyclic) bond motifs is 1. The molecule has 1 atom stereocenters. The second kappa shape index (κ2) is 12.2. The summed E-state index contributed by atoms with van der Waals surface area (Å²) < 4.78 is 5.50. The highest BCUT2D eigenvalue weighted by molar-refractivity contribution is 5.86. The van der Waals surface area contributed by atoms with Gasteiger partial charge in [0.1, 0.15) is 11.4 Å². The van der Waals surface area contributed by atoms with Gasteiger partial charge in [-0.05, 0) is 62.4 Å². The number of allylic oxidation sites excluding steroid dienone is 1. The number of amides is 2. The smallest absolute Gasteiger partial charge is 0.416 e. The SMILES string of the molecule is CC(C)(C)OC(=O)N(CCCC(=O)NCC1=CC(CC(=O)[O-])c2ccccc2C=C1)c1ccccn1. The minimum Gasteiger partial charge on any atom is -0.550 e. The summed E-state index contributed by atoms with van der Waals surface area (Å²) in [5.41, 5.74) is 2.01. The van der Waals surface area contributed by atoms with Crippen LogP contribution in [-0.4, -0.2) is 41.6 Å². The molecule has 0 bridgehead atoms. The Bertz CT molecular complexity index is 1140. The number of carbonyl (C=O) groups excluding carboxylic acids is 3. The highest BCUT2D eigenvalue weighted by Gasteiger charge is 2.24. The van der Waals surface area contributed by atoms with Crippen LogP contribution in [0, 0.1) is 0 Å². The molecule has 0 fully saturated rings. The lowest BCUT2D eigenvalue weighted by Crippen LogP contribution is -2.38. The van der Waals surface area contributed by atoms with Crippen LogP contribution >= 0.6 is 0 Å². The molecule has 8 heteroatoms. The maximum absolute atomic E-state index is 12.7. The molecule has 1 aromatic carbocycles. The summed E-state index contributed by atoms with van der Waals surface area (Å²) in [7, 11) is 0. The van der Waals surface area contributed by atoms with Crippen LogP contribution in [0.25, 0.3) is 6.08 Å². The number of hydrogen-bond donors (Lipinski definition) is 1. The summed E-state index contributed by atoms with van der Waals surface area (Å²) in [6.07, 6.45) is 7.23. The number of ether oxygens (including phenoxy) is 1. The Morgan fingerprint density at radius 3 is 2.53 bits per heavy atom. The second-order valence-electron chi connectivity index (χ2n) is 9.59. The average molecular weight is 491 g/mol. The number of rotatable bonds is 9. The molecule has 1 heterocycles. The molecule has 0 radical (unpaired) electrons. The van der Waals surface area contributed by atoms with Crippen molar-refractivity contribution in [2.75, 3.05) is 18.0 Å². The van der Waals surface area contributed by atoms with Gasteiger partial charge in [0.2, 0.25) is 5.91 Å². The van der Waals surface area contributed by atoms with Crippen molar-refractivity contribution in [1.82, 2.24) is 10.3 Å². The zero-order valence-corrected chi connectivity index (χ0v) is 20.9. The van der Waals surface area contributed by atoms with Crippen molar-refractivity contribution >= 4 is 29.9 Å². The van der Waals surface area contributed by atoms with E-state index in [2.05, 4.69) is 10.3 Å². The average Bonchev–Trinajstić information content (AvgIpc) is 2.99. The number of carboxylic acid groups (broad SMARTS) is 1. The van der Waals surface area contributed by atoms with Crippen molar-refractivity contribution in [2.24, 2.45) is 0 Å². The van der Waals surface area contributed by atoms with Crippen LogP contribution in [-0.2, 0) is 14.3 Å². The normalized spacial score (nSPS) is 14.8. The highest BCUT2D eigenvalue weighted by atomic mass is 16.6. The minimum absolute atomic E-state index is 0.135. The number of nitrogens with one attached hydrogen (secondary N) is 1. The van der Waals surface area contributed by atoms with Crippen LogP contribution in [0.5, 0.6) is 0 Å². The van der Waals surface area contributed by atoms with E-state index >= 15 is 0 Å². The number of pyridine rings is 1. The minimum atomic E-state index is -1.13. The van der Waals surface area contributed by atoms with Crippen LogP contribution in [0.3, 0.4) is 0 Å². The molecule has 190 valence electrons. The predicted molar refractivity (Wildman–Crippen MR) is 136 cm³/mol. The molecule has 0 saturated heterocycles. The van der Waals surface area contributed by atoms with Crippen molar-refractivity contribution in [3.05, 3.63) is 77.5 Å². The molecule has 2 amide bonds. The summed E-state index contributed by atoms with van der Waals surface area (Å²) in [5, 5.41) is 14.2. The van der Waals surface area contributed by atoms with E-state index in [1.165, 1.54) is 4.90 Å². The molecule has 1 aromatic heterocycles. The molecule has 2 aromatic rings. The molecular weight excluding hydrogens is 458 g/mol.